The Morgan fingerprint density at radius 2 is 2.05 bits per heavy atom. The fraction of sp³-hybridized carbons (Fsp3) is 0.143. The van der Waals surface area contributed by atoms with Crippen molar-refractivity contribution < 1.29 is 13.2 Å². The minimum atomic E-state index is -4.51. The van der Waals surface area contributed by atoms with Crippen molar-refractivity contribution in [1.29, 1.82) is 5.26 Å². The van der Waals surface area contributed by atoms with Crippen LogP contribution in [0.1, 0.15) is 16.8 Å². The van der Waals surface area contributed by atoms with E-state index in [0.29, 0.717) is 5.56 Å². The van der Waals surface area contributed by atoms with Crippen molar-refractivity contribution in [3.05, 3.63) is 58.4 Å². The molecule has 1 aromatic heterocycles. The predicted octanol–water partition coefficient (Wildman–Crippen LogP) is 4.24. The molecule has 3 nitrogen and oxygen atoms in total. The van der Waals surface area contributed by atoms with Crippen molar-refractivity contribution >= 4 is 17.3 Å². The van der Waals surface area contributed by atoms with E-state index in [2.05, 4.69) is 10.3 Å². The molecule has 1 N–H and O–H groups in total. The summed E-state index contributed by atoms with van der Waals surface area (Å²) in [6.07, 6.45) is -3.03. The number of nitrogens with zero attached hydrogens (tertiary/aromatic N) is 2. The maximum absolute atomic E-state index is 12.7. The molecule has 108 valence electrons. The van der Waals surface area contributed by atoms with Crippen molar-refractivity contribution in [2.75, 3.05) is 5.32 Å². The largest absolute Gasteiger partial charge is 0.417 e. The Bertz CT molecular complexity index is 693. The van der Waals surface area contributed by atoms with Crippen LogP contribution in [-0.4, -0.2) is 4.98 Å². The molecule has 0 spiro atoms. The number of hydrogen-bond donors (Lipinski definition) is 1. The van der Waals surface area contributed by atoms with Crippen LogP contribution < -0.4 is 5.32 Å². The number of nitrogens with one attached hydrogen (secondary N) is 1. The van der Waals surface area contributed by atoms with E-state index >= 15 is 0 Å². The first-order valence-corrected chi connectivity index (χ1v) is 6.24. The van der Waals surface area contributed by atoms with Gasteiger partial charge in [0.25, 0.3) is 0 Å². The molecule has 7 heteroatoms. The van der Waals surface area contributed by atoms with Crippen molar-refractivity contribution in [2.45, 2.75) is 12.7 Å². The second kappa shape index (κ2) is 6.02. The molecule has 1 aromatic carbocycles. The Labute approximate surface area is 124 Å². The van der Waals surface area contributed by atoms with E-state index in [-0.39, 0.29) is 22.9 Å². The van der Waals surface area contributed by atoms with Gasteiger partial charge in [0.2, 0.25) is 0 Å². The van der Waals surface area contributed by atoms with Gasteiger partial charge in [0.1, 0.15) is 11.8 Å². The summed E-state index contributed by atoms with van der Waals surface area (Å²) in [6.45, 7) is 0.190. The van der Waals surface area contributed by atoms with E-state index < -0.39 is 11.7 Å². The summed E-state index contributed by atoms with van der Waals surface area (Å²) in [7, 11) is 0. The fourth-order valence-electron chi connectivity index (χ4n) is 1.73. The Hall–Kier alpha value is -2.26. The zero-order valence-corrected chi connectivity index (χ0v) is 11.3. The van der Waals surface area contributed by atoms with Crippen molar-refractivity contribution in [3.8, 4) is 6.07 Å². The van der Waals surface area contributed by atoms with Crippen molar-refractivity contribution in [1.82, 2.24) is 4.98 Å². The topological polar surface area (TPSA) is 48.7 Å². The molecule has 0 saturated heterocycles. The standard InChI is InChI=1S/C14H9ClF3N3/c15-12-4-3-10(6-11(12)14(16,17)18)21-8-9-2-1-5-20-13(9)7-19/h1-6,21H,8H2. The zero-order chi connectivity index (χ0) is 15.5. The zero-order valence-electron chi connectivity index (χ0n) is 10.6. The van der Waals surface area contributed by atoms with Crippen LogP contribution in [0.5, 0.6) is 0 Å². The molecule has 0 radical (unpaired) electrons. The quantitative estimate of drug-likeness (QED) is 0.922. The Morgan fingerprint density at radius 3 is 2.71 bits per heavy atom. The number of hydrogen-bond acceptors (Lipinski definition) is 3. The number of aromatic nitrogens is 1. The number of halogens is 4. The van der Waals surface area contributed by atoms with E-state index in [1.807, 2.05) is 6.07 Å². The predicted molar refractivity (Wildman–Crippen MR) is 72.7 cm³/mol. The Morgan fingerprint density at radius 1 is 1.29 bits per heavy atom. The van der Waals surface area contributed by atoms with Gasteiger partial charge in [-0.05, 0) is 24.3 Å². The first kappa shape index (κ1) is 15.1. The minimum absolute atomic E-state index is 0.190. The second-order valence-electron chi connectivity index (χ2n) is 4.17. The molecule has 0 unspecified atom stereocenters. The Kier molecular flexibility index (Phi) is 4.34. The van der Waals surface area contributed by atoms with Gasteiger partial charge in [0.15, 0.2) is 0 Å². The van der Waals surface area contributed by atoms with Gasteiger partial charge in [0.05, 0.1) is 10.6 Å². The number of alkyl halides is 3. The van der Waals surface area contributed by atoms with Crippen LogP contribution in [0.15, 0.2) is 36.5 Å². The molecule has 1 heterocycles. The van der Waals surface area contributed by atoms with Gasteiger partial charge in [-0.3, -0.25) is 0 Å². The number of nitriles is 1. The third-order valence-electron chi connectivity index (χ3n) is 2.75. The van der Waals surface area contributed by atoms with Gasteiger partial charge in [-0.15, -0.1) is 0 Å². The molecule has 0 aliphatic heterocycles. The lowest BCUT2D eigenvalue weighted by atomic mass is 10.1. The van der Waals surface area contributed by atoms with E-state index in [1.165, 1.54) is 18.3 Å². The lowest BCUT2D eigenvalue weighted by Crippen LogP contribution is -2.08. The number of rotatable bonds is 3. The highest BCUT2D eigenvalue weighted by Gasteiger charge is 2.33. The molecule has 0 atom stereocenters. The summed E-state index contributed by atoms with van der Waals surface area (Å²) in [4.78, 5) is 3.88. The highest BCUT2D eigenvalue weighted by molar-refractivity contribution is 6.31. The molecule has 0 saturated carbocycles. The van der Waals surface area contributed by atoms with Gasteiger partial charge in [-0.2, -0.15) is 18.4 Å². The molecular formula is C14H9ClF3N3. The lowest BCUT2D eigenvalue weighted by molar-refractivity contribution is -0.137. The average Bonchev–Trinajstić information content (AvgIpc) is 2.45. The van der Waals surface area contributed by atoms with E-state index in [4.69, 9.17) is 16.9 Å². The summed E-state index contributed by atoms with van der Waals surface area (Å²) in [5.41, 5.74) is 0.193. The monoisotopic (exact) mass is 311 g/mol. The fourth-order valence-corrected chi connectivity index (χ4v) is 1.96. The van der Waals surface area contributed by atoms with Gasteiger partial charge in [-0.25, -0.2) is 4.98 Å². The summed E-state index contributed by atoms with van der Waals surface area (Å²) in [5.74, 6) is 0. The van der Waals surface area contributed by atoms with E-state index in [1.54, 1.807) is 12.1 Å². The van der Waals surface area contributed by atoms with Crippen molar-refractivity contribution in [3.63, 3.8) is 0 Å². The van der Waals surface area contributed by atoms with Gasteiger partial charge >= 0.3 is 6.18 Å². The molecule has 0 amide bonds. The molecule has 0 fully saturated rings. The normalized spacial score (nSPS) is 11.0. The number of benzene rings is 1. The third kappa shape index (κ3) is 3.64. The maximum Gasteiger partial charge on any atom is 0.417 e. The maximum atomic E-state index is 12.7. The molecule has 0 bridgehead atoms. The van der Waals surface area contributed by atoms with Gasteiger partial charge in [0, 0.05) is 24.0 Å². The summed E-state index contributed by atoms with van der Waals surface area (Å²) in [5, 5.41) is 11.4. The van der Waals surface area contributed by atoms with Crippen LogP contribution in [-0.2, 0) is 12.7 Å². The number of pyridine rings is 1. The van der Waals surface area contributed by atoms with Crippen LogP contribution in [0.2, 0.25) is 5.02 Å². The lowest BCUT2D eigenvalue weighted by Gasteiger charge is -2.12. The first-order valence-electron chi connectivity index (χ1n) is 5.86. The van der Waals surface area contributed by atoms with Crippen LogP contribution in [0.25, 0.3) is 0 Å². The highest BCUT2D eigenvalue weighted by Crippen LogP contribution is 2.36. The van der Waals surface area contributed by atoms with Crippen molar-refractivity contribution in [2.24, 2.45) is 0 Å². The molecule has 21 heavy (non-hydrogen) atoms. The second-order valence-corrected chi connectivity index (χ2v) is 4.58. The van der Waals surface area contributed by atoms with Crippen LogP contribution in [0, 0.1) is 11.3 Å². The van der Waals surface area contributed by atoms with Crippen LogP contribution in [0.4, 0.5) is 18.9 Å². The summed E-state index contributed by atoms with van der Waals surface area (Å²) in [6, 6.07) is 8.82. The molecule has 0 aliphatic rings. The highest BCUT2D eigenvalue weighted by atomic mass is 35.5. The Balaban J connectivity index is 2.20. The SMILES string of the molecule is N#Cc1ncccc1CNc1ccc(Cl)c(C(F)(F)F)c1. The smallest absolute Gasteiger partial charge is 0.381 e. The third-order valence-corrected chi connectivity index (χ3v) is 3.08. The van der Waals surface area contributed by atoms with Gasteiger partial charge < -0.3 is 5.32 Å². The molecule has 2 aromatic rings. The molecular weight excluding hydrogens is 303 g/mol. The van der Waals surface area contributed by atoms with E-state index in [9.17, 15) is 13.2 Å². The van der Waals surface area contributed by atoms with E-state index in [0.717, 1.165) is 6.07 Å². The molecule has 0 aliphatic carbocycles. The first-order chi connectivity index (χ1) is 9.91. The summed E-state index contributed by atoms with van der Waals surface area (Å²) >= 11 is 5.54. The van der Waals surface area contributed by atoms with Crippen LogP contribution in [0.3, 0.4) is 0 Å². The van der Waals surface area contributed by atoms with Crippen LogP contribution >= 0.6 is 11.6 Å². The molecule has 2 rings (SSSR count). The average molecular weight is 312 g/mol. The number of anilines is 1. The summed E-state index contributed by atoms with van der Waals surface area (Å²) < 4.78 is 38.2. The minimum Gasteiger partial charge on any atom is -0.381 e. The van der Waals surface area contributed by atoms with Gasteiger partial charge in [-0.1, -0.05) is 17.7 Å².